The Kier molecular flexibility index (Phi) is 6.32. The van der Waals surface area contributed by atoms with E-state index in [1.165, 1.54) is 17.8 Å². The van der Waals surface area contributed by atoms with Crippen LogP contribution in [0, 0.1) is 5.82 Å². The number of rotatable bonds is 7. The lowest BCUT2D eigenvalue weighted by Crippen LogP contribution is -2.31. The van der Waals surface area contributed by atoms with Gasteiger partial charge in [-0.05, 0) is 49.2 Å². The van der Waals surface area contributed by atoms with E-state index in [2.05, 4.69) is 15.5 Å². The van der Waals surface area contributed by atoms with Crippen LogP contribution >= 0.6 is 11.8 Å². The standard InChI is InChI=1S/C22H22FN3O3S/c1-2-28-15-8-6-14(7-9-15)22-25-20(29-26-22)11-10-19(27)24-18-12-13-30-21-16(18)4-3-5-17(21)23/h3-9,18H,2,10-13H2,1H3,(H,24,27). The number of hydrogen-bond acceptors (Lipinski definition) is 6. The van der Waals surface area contributed by atoms with Crippen molar-refractivity contribution in [3.8, 4) is 17.1 Å². The molecular weight excluding hydrogens is 405 g/mol. The van der Waals surface area contributed by atoms with E-state index in [-0.39, 0.29) is 24.2 Å². The lowest BCUT2D eigenvalue weighted by Gasteiger charge is -2.26. The molecule has 156 valence electrons. The van der Waals surface area contributed by atoms with Gasteiger partial charge in [-0.1, -0.05) is 17.3 Å². The monoisotopic (exact) mass is 427 g/mol. The number of ether oxygens (including phenoxy) is 1. The van der Waals surface area contributed by atoms with Gasteiger partial charge in [0.25, 0.3) is 0 Å². The van der Waals surface area contributed by atoms with E-state index in [4.69, 9.17) is 9.26 Å². The van der Waals surface area contributed by atoms with E-state index in [0.717, 1.165) is 29.1 Å². The van der Waals surface area contributed by atoms with Gasteiger partial charge in [-0.3, -0.25) is 4.79 Å². The second-order valence-corrected chi connectivity index (χ2v) is 7.99. The molecule has 0 saturated heterocycles. The Morgan fingerprint density at radius 2 is 2.13 bits per heavy atom. The Morgan fingerprint density at radius 3 is 2.93 bits per heavy atom. The first-order valence-electron chi connectivity index (χ1n) is 9.90. The van der Waals surface area contributed by atoms with Gasteiger partial charge in [0.1, 0.15) is 11.6 Å². The van der Waals surface area contributed by atoms with Gasteiger partial charge < -0.3 is 14.6 Å². The molecule has 0 saturated carbocycles. The third-order valence-electron chi connectivity index (χ3n) is 4.82. The fraction of sp³-hybridized carbons (Fsp3) is 0.318. The van der Waals surface area contributed by atoms with E-state index < -0.39 is 0 Å². The summed E-state index contributed by atoms with van der Waals surface area (Å²) in [5.41, 5.74) is 1.66. The maximum Gasteiger partial charge on any atom is 0.227 e. The van der Waals surface area contributed by atoms with Crippen molar-refractivity contribution in [2.45, 2.75) is 37.1 Å². The van der Waals surface area contributed by atoms with Crippen LogP contribution in [0.3, 0.4) is 0 Å². The van der Waals surface area contributed by atoms with Crippen molar-refractivity contribution < 1.29 is 18.4 Å². The van der Waals surface area contributed by atoms with Crippen LogP contribution in [0.2, 0.25) is 0 Å². The van der Waals surface area contributed by atoms with E-state index in [1.807, 2.05) is 37.3 Å². The highest BCUT2D eigenvalue weighted by molar-refractivity contribution is 7.99. The summed E-state index contributed by atoms with van der Waals surface area (Å²) in [5.74, 6) is 2.08. The van der Waals surface area contributed by atoms with Gasteiger partial charge in [0.15, 0.2) is 0 Å². The van der Waals surface area contributed by atoms with E-state index in [9.17, 15) is 9.18 Å². The molecule has 2 heterocycles. The molecule has 0 spiro atoms. The summed E-state index contributed by atoms with van der Waals surface area (Å²) in [6, 6.07) is 12.3. The molecule has 3 aromatic rings. The number of aryl methyl sites for hydroxylation is 1. The minimum atomic E-state index is -0.232. The van der Waals surface area contributed by atoms with Crippen LogP contribution < -0.4 is 10.1 Å². The molecule has 0 bridgehead atoms. The molecule has 1 aliphatic heterocycles. The highest BCUT2D eigenvalue weighted by Gasteiger charge is 2.24. The summed E-state index contributed by atoms with van der Waals surface area (Å²) in [5, 5.41) is 7.00. The summed E-state index contributed by atoms with van der Waals surface area (Å²) < 4.78 is 24.7. The number of thioether (sulfide) groups is 1. The summed E-state index contributed by atoms with van der Waals surface area (Å²) >= 11 is 1.49. The predicted molar refractivity (Wildman–Crippen MR) is 112 cm³/mol. The lowest BCUT2D eigenvalue weighted by molar-refractivity contribution is -0.121. The van der Waals surface area contributed by atoms with Crippen molar-refractivity contribution in [1.82, 2.24) is 15.5 Å². The third-order valence-corrected chi connectivity index (χ3v) is 5.98. The quantitative estimate of drug-likeness (QED) is 0.596. The SMILES string of the molecule is CCOc1ccc(-c2noc(CCC(=O)NC3CCSc4c(F)cccc43)n2)cc1. The zero-order valence-electron chi connectivity index (χ0n) is 16.6. The number of halogens is 1. The summed E-state index contributed by atoms with van der Waals surface area (Å²) in [4.78, 5) is 17.4. The molecule has 0 aliphatic carbocycles. The number of carbonyl (C=O) groups excluding carboxylic acids is 1. The second kappa shape index (κ2) is 9.30. The van der Waals surface area contributed by atoms with Crippen LogP contribution in [0.4, 0.5) is 4.39 Å². The Labute approximate surface area is 178 Å². The molecule has 0 fully saturated rings. The maximum absolute atomic E-state index is 14.0. The molecule has 2 aromatic carbocycles. The van der Waals surface area contributed by atoms with Crippen molar-refractivity contribution in [2.75, 3.05) is 12.4 Å². The fourth-order valence-electron chi connectivity index (χ4n) is 3.36. The Bertz CT molecular complexity index is 1020. The molecule has 30 heavy (non-hydrogen) atoms. The minimum absolute atomic E-state index is 0.122. The van der Waals surface area contributed by atoms with Crippen molar-refractivity contribution in [3.05, 3.63) is 59.7 Å². The molecule has 1 atom stereocenters. The van der Waals surface area contributed by atoms with E-state index >= 15 is 0 Å². The molecule has 4 rings (SSSR count). The number of nitrogens with zero attached hydrogens (tertiary/aromatic N) is 2. The zero-order valence-corrected chi connectivity index (χ0v) is 17.4. The van der Waals surface area contributed by atoms with Crippen molar-refractivity contribution in [3.63, 3.8) is 0 Å². The number of amides is 1. The average molecular weight is 428 g/mol. The molecule has 1 unspecified atom stereocenters. The van der Waals surface area contributed by atoms with Crippen LogP contribution in [-0.2, 0) is 11.2 Å². The normalized spacial score (nSPS) is 15.5. The van der Waals surface area contributed by atoms with E-state index in [0.29, 0.717) is 29.6 Å². The first kappa shape index (κ1) is 20.4. The highest BCUT2D eigenvalue weighted by Crippen LogP contribution is 2.37. The molecule has 1 aliphatic rings. The van der Waals surface area contributed by atoms with Crippen LogP contribution in [0.25, 0.3) is 11.4 Å². The number of hydrogen-bond donors (Lipinski definition) is 1. The second-order valence-electron chi connectivity index (χ2n) is 6.88. The summed E-state index contributed by atoms with van der Waals surface area (Å²) in [6.07, 6.45) is 1.34. The van der Waals surface area contributed by atoms with Gasteiger partial charge in [0.05, 0.1) is 12.6 Å². The fourth-order valence-corrected chi connectivity index (χ4v) is 4.50. The molecule has 0 radical (unpaired) electrons. The van der Waals surface area contributed by atoms with Gasteiger partial charge in [-0.2, -0.15) is 4.98 Å². The van der Waals surface area contributed by atoms with Gasteiger partial charge in [0, 0.05) is 29.1 Å². The molecule has 8 heteroatoms. The third kappa shape index (κ3) is 4.64. The summed E-state index contributed by atoms with van der Waals surface area (Å²) in [6.45, 7) is 2.54. The number of benzene rings is 2. The molecule has 1 aromatic heterocycles. The topological polar surface area (TPSA) is 77.2 Å². The highest BCUT2D eigenvalue weighted by atomic mass is 32.2. The van der Waals surface area contributed by atoms with Crippen molar-refractivity contribution in [2.24, 2.45) is 0 Å². The van der Waals surface area contributed by atoms with Crippen molar-refractivity contribution >= 4 is 17.7 Å². The average Bonchev–Trinajstić information content (AvgIpc) is 3.23. The van der Waals surface area contributed by atoms with Gasteiger partial charge in [-0.25, -0.2) is 4.39 Å². The largest absolute Gasteiger partial charge is 0.494 e. The van der Waals surface area contributed by atoms with Gasteiger partial charge >= 0.3 is 0 Å². The van der Waals surface area contributed by atoms with Crippen molar-refractivity contribution in [1.29, 1.82) is 0 Å². The predicted octanol–water partition coefficient (Wildman–Crippen LogP) is 4.56. The zero-order chi connectivity index (χ0) is 20.9. The Hall–Kier alpha value is -2.87. The molecule has 1 N–H and O–H groups in total. The Morgan fingerprint density at radius 1 is 1.30 bits per heavy atom. The van der Waals surface area contributed by atoms with Crippen LogP contribution in [0.15, 0.2) is 51.9 Å². The Balaban J connectivity index is 1.34. The summed E-state index contributed by atoms with van der Waals surface area (Å²) in [7, 11) is 0. The van der Waals surface area contributed by atoms with E-state index in [1.54, 1.807) is 6.07 Å². The van der Waals surface area contributed by atoms with Crippen LogP contribution in [0.1, 0.15) is 37.3 Å². The molecular formula is C22H22FN3O3S. The van der Waals surface area contributed by atoms with Crippen LogP contribution in [0.5, 0.6) is 5.75 Å². The van der Waals surface area contributed by atoms with Gasteiger partial charge in [-0.15, -0.1) is 11.8 Å². The molecule has 1 amide bonds. The number of nitrogens with one attached hydrogen (secondary N) is 1. The number of carbonyl (C=O) groups is 1. The number of aromatic nitrogens is 2. The maximum atomic E-state index is 14.0. The number of fused-ring (bicyclic) bond motifs is 1. The molecule has 6 nitrogen and oxygen atoms in total. The first-order valence-corrected chi connectivity index (χ1v) is 10.9. The minimum Gasteiger partial charge on any atom is -0.494 e. The van der Waals surface area contributed by atoms with Gasteiger partial charge in [0.2, 0.25) is 17.6 Å². The van der Waals surface area contributed by atoms with Crippen LogP contribution in [-0.4, -0.2) is 28.4 Å². The first-order chi connectivity index (χ1) is 14.6. The lowest BCUT2D eigenvalue weighted by atomic mass is 10.0. The smallest absolute Gasteiger partial charge is 0.227 e.